The number of nitrogens with one attached hydrogen (secondary N) is 1. The van der Waals surface area contributed by atoms with Crippen molar-refractivity contribution in [3.8, 4) is 5.69 Å². The highest BCUT2D eigenvalue weighted by molar-refractivity contribution is 7.89. The van der Waals surface area contributed by atoms with Crippen molar-refractivity contribution in [3.63, 3.8) is 0 Å². The normalized spacial score (nSPS) is 11.5. The number of esters is 1. The molecule has 0 bridgehead atoms. The van der Waals surface area contributed by atoms with Crippen molar-refractivity contribution in [2.45, 2.75) is 38.7 Å². The molecule has 0 aliphatic carbocycles. The molecule has 0 saturated heterocycles. The molecule has 0 aliphatic rings. The Hall–Kier alpha value is -2.72. The lowest BCUT2D eigenvalue weighted by molar-refractivity contribution is 0.0377. The Balaban J connectivity index is 2.62. The molecular formula is C17H22N4O5S. The second-order valence-corrected chi connectivity index (χ2v) is 7.68. The topological polar surface area (TPSA) is 133 Å². The summed E-state index contributed by atoms with van der Waals surface area (Å²) in [5.74, 6) is -1.08. The van der Waals surface area contributed by atoms with E-state index in [1.807, 2.05) is 0 Å². The number of carbonyl (C=O) groups excluding carboxylic acids is 2. The van der Waals surface area contributed by atoms with Gasteiger partial charge in [-0.05, 0) is 52.0 Å². The van der Waals surface area contributed by atoms with Gasteiger partial charge in [0, 0.05) is 12.2 Å². The van der Waals surface area contributed by atoms with Gasteiger partial charge in [-0.2, -0.15) is 5.10 Å². The van der Waals surface area contributed by atoms with E-state index < -0.39 is 22.1 Å². The molecule has 2 rings (SSSR count). The molecular weight excluding hydrogens is 372 g/mol. The van der Waals surface area contributed by atoms with Gasteiger partial charge in [0.1, 0.15) is 0 Å². The van der Waals surface area contributed by atoms with E-state index in [9.17, 15) is 18.0 Å². The van der Waals surface area contributed by atoms with Crippen LogP contribution in [0, 0.1) is 6.92 Å². The third kappa shape index (κ3) is 4.72. The summed E-state index contributed by atoms with van der Waals surface area (Å²) in [5, 5.41) is 12.0. The van der Waals surface area contributed by atoms with Gasteiger partial charge in [-0.1, -0.05) is 0 Å². The van der Waals surface area contributed by atoms with Gasteiger partial charge in [-0.25, -0.2) is 23.0 Å². The van der Waals surface area contributed by atoms with E-state index in [4.69, 9.17) is 9.88 Å². The van der Waals surface area contributed by atoms with Crippen LogP contribution in [0.3, 0.4) is 0 Å². The van der Waals surface area contributed by atoms with Crippen LogP contribution in [0.2, 0.25) is 0 Å². The number of aromatic nitrogens is 2. The largest absolute Gasteiger partial charge is 0.459 e. The number of benzene rings is 1. The summed E-state index contributed by atoms with van der Waals surface area (Å²) >= 11 is 0. The Labute approximate surface area is 157 Å². The van der Waals surface area contributed by atoms with Crippen LogP contribution in [0.5, 0.6) is 0 Å². The summed E-state index contributed by atoms with van der Waals surface area (Å²) in [6.45, 7) is 7.29. The van der Waals surface area contributed by atoms with Crippen molar-refractivity contribution < 1.29 is 22.7 Å². The predicted octanol–water partition coefficient (Wildman–Crippen LogP) is 1.14. The molecule has 2 aromatic rings. The van der Waals surface area contributed by atoms with E-state index in [2.05, 4.69) is 10.4 Å². The number of nitrogens with zero attached hydrogens (tertiary/aromatic N) is 2. The van der Waals surface area contributed by atoms with Crippen molar-refractivity contribution in [3.05, 3.63) is 41.2 Å². The third-order valence-corrected chi connectivity index (χ3v) is 4.46. The summed E-state index contributed by atoms with van der Waals surface area (Å²) in [6.07, 6.45) is -0.409. The molecule has 1 amide bonds. The first-order chi connectivity index (χ1) is 12.5. The average Bonchev–Trinajstić information content (AvgIpc) is 2.95. The van der Waals surface area contributed by atoms with Crippen molar-refractivity contribution in [2.24, 2.45) is 5.14 Å². The Kier molecular flexibility index (Phi) is 6.01. The van der Waals surface area contributed by atoms with Gasteiger partial charge in [-0.15, -0.1) is 0 Å². The zero-order valence-corrected chi connectivity index (χ0v) is 16.3. The fourth-order valence-electron chi connectivity index (χ4n) is 2.40. The van der Waals surface area contributed by atoms with E-state index >= 15 is 0 Å². The number of hydrogen-bond acceptors (Lipinski definition) is 6. The molecule has 9 nitrogen and oxygen atoms in total. The van der Waals surface area contributed by atoms with E-state index in [0.29, 0.717) is 12.2 Å². The number of rotatable bonds is 6. The van der Waals surface area contributed by atoms with Crippen LogP contribution < -0.4 is 10.5 Å². The number of primary sulfonamides is 1. The fourth-order valence-corrected chi connectivity index (χ4v) is 2.94. The van der Waals surface area contributed by atoms with Crippen LogP contribution in [-0.2, 0) is 14.8 Å². The zero-order chi connectivity index (χ0) is 20.4. The van der Waals surface area contributed by atoms with E-state index in [1.165, 1.54) is 16.8 Å². The van der Waals surface area contributed by atoms with Crippen LogP contribution in [0.1, 0.15) is 47.3 Å². The van der Waals surface area contributed by atoms with Crippen molar-refractivity contribution in [1.82, 2.24) is 15.1 Å². The minimum atomic E-state index is -4.01. The van der Waals surface area contributed by atoms with Crippen LogP contribution in [0.4, 0.5) is 0 Å². The summed E-state index contributed by atoms with van der Waals surface area (Å²) in [4.78, 5) is 24.3. The SMILES string of the molecule is CCNC(=O)c1cc(C)n(-c2ccc(S(N)(=O)=O)cc2C(=O)OC(C)C)n1. The van der Waals surface area contributed by atoms with Gasteiger partial charge in [0.05, 0.1) is 22.3 Å². The number of amides is 1. The first-order valence-corrected chi connectivity index (χ1v) is 9.82. The van der Waals surface area contributed by atoms with Gasteiger partial charge in [0.25, 0.3) is 5.91 Å². The maximum absolute atomic E-state index is 12.5. The molecule has 0 unspecified atom stereocenters. The highest BCUT2D eigenvalue weighted by atomic mass is 32.2. The minimum Gasteiger partial charge on any atom is -0.459 e. The second kappa shape index (κ2) is 7.89. The lowest BCUT2D eigenvalue weighted by Crippen LogP contribution is -2.23. The van der Waals surface area contributed by atoms with Crippen LogP contribution in [0.25, 0.3) is 5.69 Å². The number of aryl methyl sites for hydroxylation is 1. The Morgan fingerprint density at radius 3 is 2.52 bits per heavy atom. The first kappa shape index (κ1) is 20.6. The molecule has 1 aromatic heterocycles. The summed E-state index contributed by atoms with van der Waals surface area (Å²) < 4.78 is 29.9. The number of ether oxygens (including phenoxy) is 1. The smallest absolute Gasteiger partial charge is 0.340 e. The summed E-state index contributed by atoms with van der Waals surface area (Å²) in [5.41, 5.74) is 1.01. The molecule has 3 N–H and O–H groups in total. The first-order valence-electron chi connectivity index (χ1n) is 8.27. The second-order valence-electron chi connectivity index (χ2n) is 6.12. The van der Waals surface area contributed by atoms with Gasteiger partial charge in [0.2, 0.25) is 10.0 Å². The van der Waals surface area contributed by atoms with Crippen molar-refractivity contribution in [2.75, 3.05) is 6.54 Å². The average molecular weight is 394 g/mol. The molecule has 1 heterocycles. The maximum Gasteiger partial charge on any atom is 0.340 e. The van der Waals surface area contributed by atoms with Crippen molar-refractivity contribution >= 4 is 21.9 Å². The molecule has 0 fully saturated rings. The van der Waals surface area contributed by atoms with Crippen LogP contribution in [-0.4, -0.2) is 42.7 Å². The minimum absolute atomic E-state index is 0.0242. The number of hydrogen-bond donors (Lipinski definition) is 2. The number of nitrogens with two attached hydrogens (primary N) is 1. The van der Waals surface area contributed by atoms with E-state index in [0.717, 1.165) is 6.07 Å². The summed E-state index contributed by atoms with van der Waals surface area (Å²) in [7, 11) is -4.01. The van der Waals surface area contributed by atoms with E-state index in [-0.39, 0.29) is 27.7 Å². The Morgan fingerprint density at radius 2 is 1.96 bits per heavy atom. The van der Waals surface area contributed by atoms with Crippen molar-refractivity contribution in [1.29, 1.82) is 0 Å². The monoisotopic (exact) mass is 394 g/mol. The van der Waals surface area contributed by atoms with Crippen LogP contribution in [0.15, 0.2) is 29.2 Å². The van der Waals surface area contributed by atoms with Gasteiger partial charge in [0.15, 0.2) is 5.69 Å². The molecule has 1 aromatic carbocycles. The molecule has 0 atom stereocenters. The Bertz CT molecular complexity index is 979. The maximum atomic E-state index is 12.5. The van der Waals surface area contributed by atoms with Gasteiger partial charge in [-0.3, -0.25) is 4.79 Å². The van der Waals surface area contributed by atoms with Gasteiger partial charge < -0.3 is 10.1 Å². The lowest BCUT2D eigenvalue weighted by atomic mass is 10.1. The molecule has 0 aliphatic heterocycles. The molecule has 0 saturated carbocycles. The Morgan fingerprint density at radius 1 is 1.30 bits per heavy atom. The molecule has 146 valence electrons. The van der Waals surface area contributed by atoms with Gasteiger partial charge >= 0.3 is 5.97 Å². The molecule has 0 spiro atoms. The standard InChI is InChI=1S/C17H22N4O5S/c1-5-19-16(22)14-8-11(4)21(20-14)15-7-6-12(27(18,24)25)9-13(15)17(23)26-10(2)3/h6-10H,5H2,1-4H3,(H,19,22)(H2,18,24,25). The fraction of sp³-hybridized carbons (Fsp3) is 0.353. The van der Waals surface area contributed by atoms with E-state index in [1.54, 1.807) is 33.8 Å². The molecule has 0 radical (unpaired) electrons. The zero-order valence-electron chi connectivity index (χ0n) is 15.5. The molecule has 27 heavy (non-hydrogen) atoms. The lowest BCUT2D eigenvalue weighted by Gasteiger charge is -2.14. The quantitative estimate of drug-likeness (QED) is 0.706. The number of carbonyl (C=O) groups is 2. The highest BCUT2D eigenvalue weighted by Gasteiger charge is 2.22. The summed E-state index contributed by atoms with van der Waals surface area (Å²) in [6, 6.07) is 5.38. The van der Waals surface area contributed by atoms with Crippen LogP contribution >= 0.6 is 0 Å². The number of sulfonamides is 1. The molecule has 10 heteroatoms. The predicted molar refractivity (Wildman–Crippen MR) is 98.2 cm³/mol. The highest BCUT2D eigenvalue weighted by Crippen LogP contribution is 2.22. The third-order valence-electron chi connectivity index (χ3n) is 3.54.